The molecule has 1 unspecified atom stereocenters. The van der Waals surface area contributed by atoms with Crippen LogP contribution in [-0.2, 0) is 6.54 Å². The molecule has 0 spiro atoms. The first-order chi connectivity index (χ1) is 15.0. The molecule has 2 N–H and O–H groups in total. The van der Waals surface area contributed by atoms with Gasteiger partial charge >= 0.3 is 0 Å². The maximum atomic E-state index is 14.1. The van der Waals surface area contributed by atoms with E-state index in [2.05, 4.69) is 25.6 Å². The molecule has 0 amide bonds. The molecular formula is C22H26F2IN7. The Bertz CT molecular complexity index is 1050. The highest BCUT2D eigenvalue weighted by atomic mass is 127. The minimum Gasteiger partial charge on any atom is -0.365 e. The van der Waals surface area contributed by atoms with E-state index in [0.29, 0.717) is 25.6 Å². The van der Waals surface area contributed by atoms with Gasteiger partial charge in [-0.2, -0.15) is 0 Å². The zero-order valence-corrected chi connectivity index (χ0v) is 20.3. The number of anilines is 1. The van der Waals surface area contributed by atoms with Gasteiger partial charge in [0.2, 0.25) is 0 Å². The van der Waals surface area contributed by atoms with Gasteiger partial charge in [0.1, 0.15) is 29.0 Å². The number of aryl methyl sites for hydroxylation is 1. The van der Waals surface area contributed by atoms with E-state index in [4.69, 9.17) is 0 Å². The van der Waals surface area contributed by atoms with Gasteiger partial charge in [0, 0.05) is 51.3 Å². The van der Waals surface area contributed by atoms with E-state index in [1.54, 1.807) is 18.1 Å². The van der Waals surface area contributed by atoms with Gasteiger partial charge in [0.15, 0.2) is 5.96 Å². The Hall–Kier alpha value is -2.76. The molecule has 10 heteroatoms. The van der Waals surface area contributed by atoms with Gasteiger partial charge in [-0.05, 0) is 37.1 Å². The van der Waals surface area contributed by atoms with Crippen molar-refractivity contribution in [3.63, 3.8) is 0 Å². The summed E-state index contributed by atoms with van der Waals surface area (Å²) in [4.78, 5) is 14.7. The quantitative estimate of drug-likeness (QED) is 0.288. The summed E-state index contributed by atoms with van der Waals surface area (Å²) >= 11 is 0. The first kappa shape index (κ1) is 23.9. The summed E-state index contributed by atoms with van der Waals surface area (Å²) in [6.07, 6.45) is 6.19. The van der Waals surface area contributed by atoms with Gasteiger partial charge in [0.25, 0.3) is 0 Å². The van der Waals surface area contributed by atoms with Crippen LogP contribution in [0.2, 0.25) is 0 Å². The average molecular weight is 553 g/mol. The number of pyridine rings is 1. The third kappa shape index (κ3) is 5.34. The topological polar surface area (TPSA) is 70.4 Å². The minimum absolute atomic E-state index is 0. The Morgan fingerprint density at radius 3 is 2.59 bits per heavy atom. The third-order valence-electron chi connectivity index (χ3n) is 5.35. The van der Waals surface area contributed by atoms with Crippen LogP contribution in [-0.4, -0.2) is 46.7 Å². The number of nitrogens with one attached hydrogen (secondary N) is 2. The van der Waals surface area contributed by atoms with Crippen molar-refractivity contribution < 1.29 is 8.78 Å². The fraction of sp³-hybridized carbons (Fsp3) is 0.318. The number of nitrogens with zero attached hydrogens (tertiary/aromatic N) is 5. The number of benzene rings is 1. The number of imidazole rings is 1. The normalized spacial score (nSPS) is 16.1. The number of para-hydroxylation sites is 1. The van der Waals surface area contributed by atoms with Crippen molar-refractivity contribution in [2.45, 2.75) is 25.9 Å². The molecule has 0 radical (unpaired) electrons. The van der Waals surface area contributed by atoms with Gasteiger partial charge in [-0.1, -0.05) is 12.1 Å². The number of aliphatic imine (C=N–C) groups is 1. The second kappa shape index (κ2) is 10.7. The summed E-state index contributed by atoms with van der Waals surface area (Å²) in [5.41, 5.74) is 1.04. The molecule has 1 atom stereocenters. The van der Waals surface area contributed by atoms with E-state index in [1.165, 1.54) is 18.2 Å². The number of hydrogen-bond donors (Lipinski definition) is 2. The molecule has 1 saturated heterocycles. The van der Waals surface area contributed by atoms with Crippen LogP contribution >= 0.6 is 24.0 Å². The highest BCUT2D eigenvalue weighted by Crippen LogP contribution is 2.26. The largest absolute Gasteiger partial charge is 0.365 e. The third-order valence-corrected chi connectivity index (χ3v) is 5.35. The second-order valence-electron chi connectivity index (χ2n) is 7.44. The summed E-state index contributed by atoms with van der Waals surface area (Å²) in [6, 6.07) is 7.93. The molecule has 3 aromatic rings. The zero-order chi connectivity index (χ0) is 21.8. The van der Waals surface area contributed by atoms with E-state index in [9.17, 15) is 8.78 Å². The molecule has 32 heavy (non-hydrogen) atoms. The Labute approximate surface area is 203 Å². The van der Waals surface area contributed by atoms with Crippen LogP contribution in [0.15, 0.2) is 53.9 Å². The van der Waals surface area contributed by atoms with Crippen molar-refractivity contribution >= 4 is 35.6 Å². The van der Waals surface area contributed by atoms with Crippen LogP contribution in [0.5, 0.6) is 0 Å². The van der Waals surface area contributed by atoms with Crippen LogP contribution < -0.4 is 15.5 Å². The number of aromatic nitrogens is 3. The van der Waals surface area contributed by atoms with Gasteiger partial charge < -0.3 is 15.5 Å². The lowest BCUT2D eigenvalue weighted by Gasteiger charge is -2.21. The number of guanidine groups is 1. The summed E-state index contributed by atoms with van der Waals surface area (Å²) in [7, 11) is 1.70. The van der Waals surface area contributed by atoms with Crippen LogP contribution in [0, 0.1) is 18.6 Å². The van der Waals surface area contributed by atoms with Crippen molar-refractivity contribution in [3.05, 3.63) is 71.9 Å². The fourth-order valence-corrected chi connectivity index (χ4v) is 3.73. The maximum absolute atomic E-state index is 14.1. The first-order valence-electron chi connectivity index (χ1n) is 10.2. The molecule has 4 rings (SSSR count). The Balaban J connectivity index is 0.00000289. The molecule has 1 aromatic carbocycles. The summed E-state index contributed by atoms with van der Waals surface area (Å²) < 4.78 is 30.0. The molecule has 1 aliphatic rings. The maximum Gasteiger partial charge on any atom is 0.191 e. The summed E-state index contributed by atoms with van der Waals surface area (Å²) in [6.45, 7) is 3.55. The Morgan fingerprint density at radius 1 is 1.19 bits per heavy atom. The zero-order valence-electron chi connectivity index (χ0n) is 17.9. The SMILES string of the molecule is CN=C(NCc1ccc(-n2ccnc2C)nc1)NC1CCN(c2c(F)cccc2F)C1.I. The highest BCUT2D eigenvalue weighted by Gasteiger charge is 2.27. The number of hydrogen-bond acceptors (Lipinski definition) is 4. The second-order valence-corrected chi connectivity index (χ2v) is 7.44. The van der Waals surface area contributed by atoms with E-state index >= 15 is 0 Å². The smallest absolute Gasteiger partial charge is 0.191 e. The molecule has 0 saturated carbocycles. The minimum atomic E-state index is -0.537. The molecular weight excluding hydrogens is 527 g/mol. The van der Waals surface area contributed by atoms with E-state index in [0.717, 1.165) is 23.6 Å². The summed E-state index contributed by atoms with van der Waals surface area (Å²) in [5, 5.41) is 6.60. The number of rotatable bonds is 5. The van der Waals surface area contributed by atoms with Gasteiger partial charge in [-0.15, -0.1) is 24.0 Å². The van der Waals surface area contributed by atoms with Crippen LogP contribution in [0.25, 0.3) is 5.82 Å². The average Bonchev–Trinajstić information content (AvgIpc) is 3.40. The lowest BCUT2D eigenvalue weighted by Crippen LogP contribution is -2.44. The molecule has 170 valence electrons. The van der Waals surface area contributed by atoms with Gasteiger partial charge in [-0.3, -0.25) is 9.56 Å². The number of halogens is 3. The first-order valence-corrected chi connectivity index (χ1v) is 10.2. The van der Waals surface area contributed by atoms with E-state index < -0.39 is 11.6 Å². The molecule has 0 bridgehead atoms. The van der Waals surface area contributed by atoms with Gasteiger partial charge in [-0.25, -0.2) is 18.7 Å². The lowest BCUT2D eigenvalue weighted by atomic mass is 10.2. The van der Waals surface area contributed by atoms with Crippen LogP contribution in [0.1, 0.15) is 17.8 Å². The molecule has 2 aromatic heterocycles. The van der Waals surface area contributed by atoms with Crippen molar-refractivity contribution in [3.8, 4) is 5.82 Å². The molecule has 3 heterocycles. The molecule has 0 aliphatic carbocycles. The predicted octanol–water partition coefficient (Wildman–Crippen LogP) is 3.42. The van der Waals surface area contributed by atoms with E-state index in [-0.39, 0.29) is 35.7 Å². The van der Waals surface area contributed by atoms with Crippen molar-refractivity contribution in [2.75, 3.05) is 25.0 Å². The standard InChI is InChI=1S/C22H25F2N7.HI/c1-15-26-9-11-31(15)20-7-6-16(12-27-20)13-28-22(25-2)29-17-8-10-30(14-17)21-18(23)4-3-5-19(21)24;/h3-7,9,11-12,17H,8,10,13-14H2,1-2H3,(H2,25,28,29);1H. The monoisotopic (exact) mass is 553 g/mol. The van der Waals surface area contributed by atoms with Crippen molar-refractivity contribution in [2.24, 2.45) is 4.99 Å². The Kier molecular flexibility index (Phi) is 7.99. The fourth-order valence-electron chi connectivity index (χ4n) is 3.73. The predicted molar refractivity (Wildman–Crippen MR) is 132 cm³/mol. The van der Waals surface area contributed by atoms with Crippen molar-refractivity contribution in [1.82, 2.24) is 25.2 Å². The molecule has 1 aliphatic heterocycles. The summed E-state index contributed by atoms with van der Waals surface area (Å²) in [5.74, 6) is 1.25. The molecule has 7 nitrogen and oxygen atoms in total. The molecule has 1 fully saturated rings. The van der Waals surface area contributed by atoms with Gasteiger partial charge in [0.05, 0.1) is 0 Å². The lowest BCUT2D eigenvalue weighted by molar-refractivity contribution is 0.576. The Morgan fingerprint density at radius 2 is 1.97 bits per heavy atom. The van der Waals surface area contributed by atoms with Crippen LogP contribution in [0.3, 0.4) is 0 Å². The highest BCUT2D eigenvalue weighted by molar-refractivity contribution is 14.0. The van der Waals surface area contributed by atoms with Crippen LogP contribution in [0.4, 0.5) is 14.5 Å². The van der Waals surface area contributed by atoms with E-state index in [1.807, 2.05) is 36.0 Å². The van der Waals surface area contributed by atoms with Crippen molar-refractivity contribution in [1.29, 1.82) is 0 Å².